The zero-order chi connectivity index (χ0) is 15.5. The molecule has 0 aromatic carbocycles. The Hall–Kier alpha value is -1.32. The van der Waals surface area contributed by atoms with Gasteiger partial charge >= 0.3 is 0 Å². The summed E-state index contributed by atoms with van der Waals surface area (Å²) in [5.41, 5.74) is 5.41. The minimum Gasteiger partial charge on any atom is -0.368 e. The van der Waals surface area contributed by atoms with E-state index < -0.39 is 11.9 Å². The van der Waals surface area contributed by atoms with E-state index in [0.717, 1.165) is 57.8 Å². The monoisotopic (exact) mass is 294 g/mol. The number of allylic oxidation sites excluding steroid dienone is 1. The zero-order valence-corrected chi connectivity index (χ0v) is 13.1. The molecule has 1 atom stereocenters. The number of nitrogens with two attached hydrogens (primary N) is 1. The van der Waals surface area contributed by atoms with Crippen molar-refractivity contribution in [2.75, 3.05) is 0 Å². The second kappa shape index (κ2) is 10.4. The first-order valence-corrected chi connectivity index (χ1v) is 8.35. The average molecular weight is 294 g/mol. The van der Waals surface area contributed by atoms with E-state index in [1.165, 1.54) is 6.42 Å². The van der Waals surface area contributed by atoms with Crippen molar-refractivity contribution in [3.8, 4) is 0 Å². The zero-order valence-electron chi connectivity index (χ0n) is 13.1. The third kappa shape index (κ3) is 7.30. The Balaban J connectivity index is 2.26. The summed E-state index contributed by atoms with van der Waals surface area (Å²) in [4.78, 5) is 23.6. The predicted octanol–water partition coefficient (Wildman–Crippen LogP) is 3.06. The fraction of sp³-hybridized carbons (Fsp3) is 0.765. The number of hydrogen-bond acceptors (Lipinski definition) is 2. The third-order valence-corrected chi connectivity index (χ3v) is 4.29. The van der Waals surface area contributed by atoms with Crippen molar-refractivity contribution >= 4 is 11.8 Å². The number of hydrogen-bond donors (Lipinski definition) is 2. The summed E-state index contributed by atoms with van der Waals surface area (Å²) in [6, 6.07) is -0.501. The molecule has 1 aliphatic rings. The van der Waals surface area contributed by atoms with Gasteiger partial charge in [-0.05, 0) is 32.1 Å². The fourth-order valence-corrected chi connectivity index (χ4v) is 2.93. The standard InChI is InChI=1S/C17H30N2O2/c1-2-3-4-5-6-10-13-15(16(18)20)19-17(21)14-11-8-7-9-12-14/h2,14-15H,1,3-13H2,(H2,18,20)(H,19,21)/t15-/m0/s1. The van der Waals surface area contributed by atoms with E-state index in [1.807, 2.05) is 6.08 Å². The van der Waals surface area contributed by atoms with Gasteiger partial charge in [0, 0.05) is 5.92 Å². The van der Waals surface area contributed by atoms with Crippen LogP contribution in [0.1, 0.15) is 70.6 Å². The third-order valence-electron chi connectivity index (χ3n) is 4.29. The van der Waals surface area contributed by atoms with Gasteiger partial charge in [0.2, 0.25) is 11.8 Å². The van der Waals surface area contributed by atoms with Crippen LogP contribution in [0.3, 0.4) is 0 Å². The molecule has 1 saturated carbocycles. The molecule has 21 heavy (non-hydrogen) atoms. The molecule has 4 heteroatoms. The highest BCUT2D eigenvalue weighted by Gasteiger charge is 2.25. The van der Waals surface area contributed by atoms with Crippen LogP contribution in [-0.4, -0.2) is 17.9 Å². The maximum atomic E-state index is 12.2. The highest BCUT2D eigenvalue weighted by Crippen LogP contribution is 2.23. The quantitative estimate of drug-likeness (QED) is 0.480. The predicted molar refractivity (Wildman–Crippen MR) is 85.6 cm³/mol. The molecule has 0 heterocycles. The van der Waals surface area contributed by atoms with Gasteiger partial charge in [0.15, 0.2) is 0 Å². The number of unbranched alkanes of at least 4 members (excludes halogenated alkanes) is 4. The van der Waals surface area contributed by atoms with Crippen LogP contribution in [0, 0.1) is 5.92 Å². The molecular formula is C17H30N2O2. The molecule has 2 amide bonds. The van der Waals surface area contributed by atoms with Crippen molar-refractivity contribution < 1.29 is 9.59 Å². The smallest absolute Gasteiger partial charge is 0.239 e. The molecule has 0 saturated heterocycles. The molecule has 0 unspecified atom stereocenters. The van der Waals surface area contributed by atoms with Crippen LogP contribution in [0.2, 0.25) is 0 Å². The van der Waals surface area contributed by atoms with Crippen LogP contribution in [0.4, 0.5) is 0 Å². The van der Waals surface area contributed by atoms with E-state index in [4.69, 9.17) is 5.73 Å². The van der Waals surface area contributed by atoms with Gasteiger partial charge in [-0.3, -0.25) is 9.59 Å². The Morgan fingerprint density at radius 1 is 1.14 bits per heavy atom. The van der Waals surface area contributed by atoms with Crippen molar-refractivity contribution in [3.05, 3.63) is 12.7 Å². The summed E-state index contributed by atoms with van der Waals surface area (Å²) in [5, 5.41) is 2.86. The van der Waals surface area contributed by atoms with Gasteiger partial charge in [-0.1, -0.05) is 44.6 Å². The number of carbonyl (C=O) groups excluding carboxylic acids is 2. The number of carbonyl (C=O) groups is 2. The number of rotatable bonds is 10. The molecule has 1 aliphatic carbocycles. The highest BCUT2D eigenvalue weighted by atomic mass is 16.2. The highest BCUT2D eigenvalue weighted by molar-refractivity contribution is 5.87. The molecule has 0 aromatic heterocycles. The Bertz CT molecular complexity index is 336. The van der Waals surface area contributed by atoms with Gasteiger partial charge in [0.25, 0.3) is 0 Å². The van der Waals surface area contributed by atoms with Crippen molar-refractivity contribution in [3.63, 3.8) is 0 Å². The first kappa shape index (κ1) is 17.7. The fourth-order valence-electron chi connectivity index (χ4n) is 2.93. The molecule has 1 fully saturated rings. The van der Waals surface area contributed by atoms with Crippen molar-refractivity contribution in [1.29, 1.82) is 0 Å². The van der Waals surface area contributed by atoms with Crippen LogP contribution in [0.5, 0.6) is 0 Å². The largest absolute Gasteiger partial charge is 0.368 e. The summed E-state index contributed by atoms with van der Waals surface area (Å²) >= 11 is 0. The SMILES string of the molecule is C=CCCCCCC[C@H](NC(=O)C1CCCCC1)C(N)=O. The summed E-state index contributed by atoms with van der Waals surface area (Å²) in [5.74, 6) is -0.316. The first-order valence-electron chi connectivity index (χ1n) is 8.35. The van der Waals surface area contributed by atoms with Crippen molar-refractivity contribution in [2.45, 2.75) is 76.7 Å². The Labute approximate surface area is 128 Å². The van der Waals surface area contributed by atoms with E-state index in [1.54, 1.807) is 0 Å². The summed E-state index contributed by atoms with van der Waals surface area (Å²) in [6.07, 6.45) is 13.2. The number of amides is 2. The normalized spacial score (nSPS) is 17.1. The second-order valence-electron chi connectivity index (χ2n) is 6.08. The van der Waals surface area contributed by atoms with E-state index in [2.05, 4.69) is 11.9 Å². The minimum absolute atomic E-state index is 0.0187. The average Bonchev–Trinajstić information content (AvgIpc) is 2.50. The molecule has 4 nitrogen and oxygen atoms in total. The summed E-state index contributed by atoms with van der Waals surface area (Å²) in [7, 11) is 0. The van der Waals surface area contributed by atoms with Crippen LogP contribution in [0.15, 0.2) is 12.7 Å². The maximum absolute atomic E-state index is 12.2. The van der Waals surface area contributed by atoms with Gasteiger partial charge < -0.3 is 11.1 Å². The van der Waals surface area contributed by atoms with Crippen molar-refractivity contribution in [2.24, 2.45) is 11.7 Å². The Morgan fingerprint density at radius 3 is 2.43 bits per heavy atom. The van der Waals surface area contributed by atoms with Gasteiger partial charge in [-0.25, -0.2) is 0 Å². The first-order chi connectivity index (χ1) is 10.1. The molecule has 0 aromatic rings. The molecule has 3 N–H and O–H groups in total. The molecule has 0 bridgehead atoms. The maximum Gasteiger partial charge on any atom is 0.239 e. The lowest BCUT2D eigenvalue weighted by atomic mass is 9.88. The molecule has 0 spiro atoms. The van der Waals surface area contributed by atoms with Crippen LogP contribution < -0.4 is 11.1 Å². The second-order valence-corrected chi connectivity index (χ2v) is 6.08. The van der Waals surface area contributed by atoms with E-state index in [0.29, 0.717) is 6.42 Å². The molecular weight excluding hydrogens is 264 g/mol. The number of primary amides is 1. The lowest BCUT2D eigenvalue weighted by molar-refractivity contribution is -0.130. The van der Waals surface area contributed by atoms with Gasteiger partial charge in [-0.2, -0.15) is 0 Å². The van der Waals surface area contributed by atoms with Gasteiger partial charge in [0.05, 0.1) is 0 Å². The summed E-state index contributed by atoms with van der Waals surface area (Å²) < 4.78 is 0. The topological polar surface area (TPSA) is 72.2 Å². The lowest BCUT2D eigenvalue weighted by Gasteiger charge is -2.23. The molecule has 1 rings (SSSR count). The van der Waals surface area contributed by atoms with E-state index >= 15 is 0 Å². The van der Waals surface area contributed by atoms with E-state index in [-0.39, 0.29) is 11.8 Å². The van der Waals surface area contributed by atoms with Gasteiger partial charge in [0.1, 0.15) is 6.04 Å². The molecule has 0 aliphatic heterocycles. The summed E-state index contributed by atoms with van der Waals surface area (Å²) in [6.45, 7) is 3.70. The van der Waals surface area contributed by atoms with Crippen LogP contribution >= 0.6 is 0 Å². The Kier molecular flexibility index (Phi) is 8.79. The Morgan fingerprint density at radius 2 is 1.81 bits per heavy atom. The minimum atomic E-state index is -0.501. The van der Waals surface area contributed by atoms with Gasteiger partial charge in [-0.15, -0.1) is 6.58 Å². The van der Waals surface area contributed by atoms with Crippen LogP contribution in [-0.2, 0) is 9.59 Å². The van der Waals surface area contributed by atoms with Crippen LogP contribution in [0.25, 0.3) is 0 Å². The molecule has 120 valence electrons. The van der Waals surface area contributed by atoms with Crippen molar-refractivity contribution in [1.82, 2.24) is 5.32 Å². The van der Waals surface area contributed by atoms with E-state index in [9.17, 15) is 9.59 Å². The molecule has 0 radical (unpaired) electrons. The number of nitrogens with one attached hydrogen (secondary N) is 1. The lowest BCUT2D eigenvalue weighted by Crippen LogP contribution is -2.46.